The smallest absolute Gasteiger partial charge is 0.236 e. The van der Waals surface area contributed by atoms with Crippen LogP contribution >= 0.6 is 11.3 Å². The van der Waals surface area contributed by atoms with Gasteiger partial charge in [-0.15, -0.1) is 11.3 Å². The Morgan fingerprint density at radius 2 is 2.26 bits per heavy atom. The van der Waals surface area contributed by atoms with Gasteiger partial charge < -0.3 is 24.1 Å². The first-order valence-corrected chi connectivity index (χ1v) is 10.2. The highest BCUT2D eigenvalue weighted by Crippen LogP contribution is 2.23. The fraction of sp³-hybridized carbons (Fsp3) is 0.579. The van der Waals surface area contributed by atoms with Crippen LogP contribution in [0, 0.1) is 0 Å². The number of ether oxygens (including phenoxy) is 2. The highest BCUT2D eigenvalue weighted by molar-refractivity contribution is 7.13. The second-order valence-electron chi connectivity index (χ2n) is 6.43. The molecule has 2 aromatic rings. The number of piperidine rings is 1. The maximum Gasteiger partial charge on any atom is 0.236 e. The van der Waals surface area contributed by atoms with Crippen molar-refractivity contribution in [2.45, 2.75) is 31.9 Å². The monoisotopic (exact) mass is 392 g/mol. The topological polar surface area (TPSA) is 72.1 Å². The third-order valence-corrected chi connectivity index (χ3v) is 5.37. The molecule has 7 nitrogen and oxygen atoms in total. The number of methoxy groups -OCH3 is 1. The van der Waals surface area contributed by atoms with Gasteiger partial charge in [-0.1, -0.05) is 6.07 Å². The molecule has 1 fully saturated rings. The van der Waals surface area contributed by atoms with Gasteiger partial charge in [0.25, 0.3) is 0 Å². The highest BCUT2D eigenvalue weighted by Gasteiger charge is 2.22. The van der Waals surface area contributed by atoms with Crippen LogP contribution in [0.15, 0.2) is 33.2 Å². The Balaban J connectivity index is 1.42. The molecule has 0 spiro atoms. The summed E-state index contributed by atoms with van der Waals surface area (Å²) in [4.78, 5) is 12.3. The molecule has 0 amide bonds. The summed E-state index contributed by atoms with van der Waals surface area (Å²) in [5.41, 5.74) is 0.871. The third kappa shape index (κ3) is 5.79. The lowest BCUT2D eigenvalue weighted by molar-refractivity contribution is 0.00989. The van der Waals surface area contributed by atoms with Crippen LogP contribution in [-0.2, 0) is 16.0 Å². The number of rotatable bonds is 8. The summed E-state index contributed by atoms with van der Waals surface area (Å²) in [6.45, 7) is 3.99. The maximum atomic E-state index is 5.93. The molecule has 27 heavy (non-hydrogen) atoms. The van der Waals surface area contributed by atoms with Crippen LogP contribution in [0.1, 0.15) is 25.0 Å². The second-order valence-corrected chi connectivity index (χ2v) is 7.37. The number of nitrogens with zero attached hydrogens (tertiary/aromatic N) is 3. The summed E-state index contributed by atoms with van der Waals surface area (Å²) < 4.78 is 16.6. The molecule has 0 atom stereocenters. The number of oxazole rings is 1. The van der Waals surface area contributed by atoms with Gasteiger partial charge in [0.15, 0.2) is 5.96 Å². The standard InChI is InChI=1S/C19H28N4O3S/c1-20-19(23-8-6-16(7-9-23)25-11-4-10-24-2)21-13-15-14-26-18(22-15)17-5-3-12-27-17/h3,5,12,14,16H,4,6-11,13H2,1-2H3,(H,20,21). The van der Waals surface area contributed by atoms with Crippen LogP contribution in [0.25, 0.3) is 10.8 Å². The van der Waals surface area contributed by atoms with Crippen LogP contribution in [0.4, 0.5) is 0 Å². The molecule has 1 N–H and O–H groups in total. The molecular weight excluding hydrogens is 364 g/mol. The van der Waals surface area contributed by atoms with Gasteiger partial charge in [0, 0.05) is 40.5 Å². The molecule has 0 unspecified atom stereocenters. The van der Waals surface area contributed by atoms with E-state index in [9.17, 15) is 0 Å². The lowest BCUT2D eigenvalue weighted by Crippen LogP contribution is -2.46. The van der Waals surface area contributed by atoms with Gasteiger partial charge in [0.2, 0.25) is 5.89 Å². The van der Waals surface area contributed by atoms with Gasteiger partial charge in [-0.3, -0.25) is 4.99 Å². The molecule has 1 aliphatic rings. The minimum absolute atomic E-state index is 0.333. The van der Waals surface area contributed by atoms with Crippen LogP contribution in [0.5, 0.6) is 0 Å². The Bertz CT molecular complexity index is 694. The van der Waals surface area contributed by atoms with Crippen molar-refractivity contribution in [3.63, 3.8) is 0 Å². The van der Waals surface area contributed by atoms with Gasteiger partial charge >= 0.3 is 0 Å². The molecule has 0 saturated carbocycles. The van der Waals surface area contributed by atoms with E-state index in [2.05, 4.69) is 20.2 Å². The molecule has 0 bridgehead atoms. The van der Waals surface area contributed by atoms with E-state index in [4.69, 9.17) is 13.9 Å². The molecular formula is C19H28N4O3S. The number of guanidine groups is 1. The van der Waals surface area contributed by atoms with E-state index < -0.39 is 0 Å². The van der Waals surface area contributed by atoms with Crippen molar-refractivity contribution >= 4 is 17.3 Å². The SMILES string of the molecule is CN=C(NCc1coc(-c2cccs2)n1)N1CCC(OCCCOC)CC1. The van der Waals surface area contributed by atoms with Gasteiger partial charge in [-0.2, -0.15) is 0 Å². The molecule has 1 saturated heterocycles. The summed E-state index contributed by atoms with van der Waals surface area (Å²) in [7, 11) is 3.54. The Kier molecular flexibility index (Phi) is 7.67. The molecule has 3 rings (SSSR count). The fourth-order valence-electron chi connectivity index (χ4n) is 3.09. The van der Waals surface area contributed by atoms with Crippen LogP contribution < -0.4 is 5.32 Å². The molecule has 8 heteroatoms. The van der Waals surface area contributed by atoms with Crippen molar-refractivity contribution in [2.75, 3.05) is 40.5 Å². The lowest BCUT2D eigenvalue weighted by atomic mass is 10.1. The van der Waals surface area contributed by atoms with Gasteiger partial charge in [-0.25, -0.2) is 4.98 Å². The number of aromatic nitrogens is 1. The normalized spacial score (nSPS) is 16.1. The zero-order valence-corrected chi connectivity index (χ0v) is 16.8. The van der Waals surface area contributed by atoms with E-state index in [1.165, 1.54) is 0 Å². The van der Waals surface area contributed by atoms with Crippen LogP contribution in [-0.4, -0.2) is 62.4 Å². The largest absolute Gasteiger partial charge is 0.443 e. The van der Waals surface area contributed by atoms with E-state index >= 15 is 0 Å². The number of hydrogen-bond acceptors (Lipinski definition) is 6. The Morgan fingerprint density at radius 3 is 2.96 bits per heavy atom. The Hall–Kier alpha value is -1.90. The Labute approximate surface area is 164 Å². The van der Waals surface area contributed by atoms with E-state index in [0.717, 1.165) is 62.1 Å². The minimum atomic E-state index is 0.333. The van der Waals surface area contributed by atoms with Crippen molar-refractivity contribution < 1.29 is 13.9 Å². The summed E-state index contributed by atoms with van der Waals surface area (Å²) >= 11 is 1.62. The van der Waals surface area contributed by atoms with E-state index in [1.54, 1.807) is 24.7 Å². The molecule has 0 aliphatic carbocycles. The predicted octanol–water partition coefficient (Wildman–Crippen LogP) is 3.00. The average molecular weight is 393 g/mol. The molecule has 1 aliphatic heterocycles. The quantitative estimate of drug-likeness (QED) is 0.423. The highest BCUT2D eigenvalue weighted by atomic mass is 32.1. The first-order valence-electron chi connectivity index (χ1n) is 9.34. The summed E-state index contributed by atoms with van der Waals surface area (Å²) in [6, 6.07) is 4.00. The van der Waals surface area contributed by atoms with Crippen molar-refractivity contribution in [2.24, 2.45) is 4.99 Å². The van der Waals surface area contributed by atoms with E-state index in [-0.39, 0.29) is 0 Å². The molecule has 148 valence electrons. The summed E-state index contributed by atoms with van der Waals surface area (Å²) in [5, 5.41) is 5.41. The van der Waals surface area contributed by atoms with Crippen molar-refractivity contribution in [3.8, 4) is 10.8 Å². The molecule has 0 radical (unpaired) electrons. The fourth-order valence-corrected chi connectivity index (χ4v) is 3.75. The summed E-state index contributed by atoms with van der Waals surface area (Å²) in [5.74, 6) is 1.57. The summed E-state index contributed by atoms with van der Waals surface area (Å²) in [6.07, 6.45) is 5.01. The minimum Gasteiger partial charge on any atom is -0.443 e. The van der Waals surface area contributed by atoms with Gasteiger partial charge in [0.1, 0.15) is 6.26 Å². The Morgan fingerprint density at radius 1 is 1.41 bits per heavy atom. The van der Waals surface area contributed by atoms with Crippen molar-refractivity contribution in [1.29, 1.82) is 0 Å². The molecule has 3 heterocycles. The number of hydrogen-bond donors (Lipinski definition) is 1. The number of aliphatic imine (C=N–C) groups is 1. The zero-order chi connectivity index (χ0) is 18.9. The van der Waals surface area contributed by atoms with Crippen molar-refractivity contribution in [3.05, 3.63) is 29.5 Å². The maximum absolute atomic E-state index is 5.93. The van der Waals surface area contributed by atoms with Crippen LogP contribution in [0.3, 0.4) is 0 Å². The number of nitrogens with one attached hydrogen (secondary N) is 1. The number of likely N-dealkylation sites (tertiary alicyclic amines) is 1. The van der Waals surface area contributed by atoms with E-state index in [1.807, 2.05) is 24.6 Å². The lowest BCUT2D eigenvalue weighted by Gasteiger charge is -2.34. The second kappa shape index (κ2) is 10.4. The van der Waals surface area contributed by atoms with Gasteiger partial charge in [-0.05, 0) is 30.7 Å². The van der Waals surface area contributed by atoms with Crippen LogP contribution in [0.2, 0.25) is 0 Å². The third-order valence-electron chi connectivity index (χ3n) is 4.51. The van der Waals surface area contributed by atoms with Gasteiger partial charge in [0.05, 0.1) is 23.2 Å². The first-order chi connectivity index (χ1) is 13.3. The number of thiophene rings is 1. The molecule has 0 aromatic carbocycles. The molecule has 2 aromatic heterocycles. The first kappa shape index (κ1) is 19.9. The van der Waals surface area contributed by atoms with E-state index in [0.29, 0.717) is 18.5 Å². The average Bonchev–Trinajstić information content (AvgIpc) is 3.38. The predicted molar refractivity (Wildman–Crippen MR) is 107 cm³/mol. The zero-order valence-electron chi connectivity index (χ0n) is 16.0. The van der Waals surface area contributed by atoms with Crippen molar-refractivity contribution in [1.82, 2.24) is 15.2 Å².